The summed E-state index contributed by atoms with van der Waals surface area (Å²) in [5.74, 6) is -0.0622. The summed E-state index contributed by atoms with van der Waals surface area (Å²) < 4.78 is 8.92. The molecule has 3 aromatic heterocycles. The van der Waals surface area contributed by atoms with Gasteiger partial charge in [0.15, 0.2) is 5.78 Å². The van der Waals surface area contributed by atoms with Gasteiger partial charge < -0.3 is 9.72 Å². The van der Waals surface area contributed by atoms with E-state index in [2.05, 4.69) is 9.97 Å². The Morgan fingerprint density at radius 1 is 1.02 bits per heavy atom. The van der Waals surface area contributed by atoms with Gasteiger partial charge in [-0.05, 0) is 88.2 Å². The van der Waals surface area contributed by atoms with Crippen molar-refractivity contribution in [1.82, 2.24) is 19.5 Å². The number of aryl methyl sites for hydroxylation is 2. The molecule has 0 bridgehead atoms. The van der Waals surface area contributed by atoms with Gasteiger partial charge in [0.2, 0.25) is 0 Å². The third-order valence-corrected chi connectivity index (χ3v) is 8.76. The Balaban J connectivity index is 1.53. The minimum atomic E-state index is -0.743. The number of carbonyl (C=O) groups is 1. The number of imidazole rings is 1. The van der Waals surface area contributed by atoms with Crippen molar-refractivity contribution in [3.05, 3.63) is 93.5 Å². The summed E-state index contributed by atoms with van der Waals surface area (Å²) >= 11 is 7.83. The summed E-state index contributed by atoms with van der Waals surface area (Å²) in [4.78, 5) is 37.7. The lowest BCUT2D eigenvalue weighted by atomic mass is 9.90. The molecule has 6 rings (SSSR count). The van der Waals surface area contributed by atoms with Gasteiger partial charge in [-0.15, -0.1) is 11.3 Å². The van der Waals surface area contributed by atoms with Crippen LogP contribution in [0.5, 0.6) is 0 Å². The molecule has 0 fully saturated rings. The average molecular weight is 611 g/mol. The maximum Gasteiger partial charge on any atom is 0.326 e. The molecule has 7 nitrogen and oxygen atoms in total. The second kappa shape index (κ2) is 10.9. The number of pyridine rings is 1. The van der Waals surface area contributed by atoms with Crippen LogP contribution < -0.4 is 5.69 Å². The third kappa shape index (κ3) is 5.54. The van der Waals surface area contributed by atoms with Crippen molar-refractivity contribution in [3.8, 4) is 33.0 Å². The first kappa shape index (κ1) is 29.0. The van der Waals surface area contributed by atoms with E-state index in [1.54, 1.807) is 36.1 Å². The molecule has 0 spiro atoms. The fourth-order valence-corrected chi connectivity index (χ4v) is 6.64. The molecule has 3 heterocycles. The molecule has 43 heavy (non-hydrogen) atoms. The van der Waals surface area contributed by atoms with E-state index < -0.39 is 11.7 Å². The standard InChI is InChI=1S/C34H31ClN4O3S/c1-18-15-26-31(29(20-7-10-23(35)11-8-20)28(18)30(19(2)40)42-34(3,4)5)43-32(37-26)22-13-14-36-24(17-22)21-9-12-27-25(16-21)38-33(41)39(27)6/h7-17,30H,1-6H3,(H,38,41)/t30-/m1/s1. The van der Waals surface area contributed by atoms with Crippen LogP contribution in [0.4, 0.5) is 0 Å². The van der Waals surface area contributed by atoms with E-state index in [1.807, 2.05) is 88.4 Å². The van der Waals surface area contributed by atoms with Crippen LogP contribution in [-0.2, 0) is 16.6 Å². The molecule has 0 radical (unpaired) electrons. The summed E-state index contributed by atoms with van der Waals surface area (Å²) in [5.41, 5.74) is 7.95. The molecular formula is C34H31ClN4O3S. The van der Waals surface area contributed by atoms with Gasteiger partial charge in [0, 0.05) is 40.5 Å². The van der Waals surface area contributed by atoms with Crippen molar-refractivity contribution < 1.29 is 9.53 Å². The van der Waals surface area contributed by atoms with E-state index in [0.29, 0.717) is 5.02 Å². The lowest BCUT2D eigenvalue weighted by molar-refractivity contribution is -0.138. The first-order chi connectivity index (χ1) is 20.4. The van der Waals surface area contributed by atoms with Crippen LogP contribution in [-0.4, -0.2) is 30.9 Å². The Morgan fingerprint density at radius 3 is 2.44 bits per heavy atom. The maximum atomic E-state index is 13.1. The predicted octanol–water partition coefficient (Wildman–Crippen LogP) is 8.28. The number of hydrogen-bond donors (Lipinski definition) is 1. The van der Waals surface area contributed by atoms with Crippen LogP contribution in [0.15, 0.2) is 71.7 Å². The second-order valence-electron chi connectivity index (χ2n) is 11.7. The van der Waals surface area contributed by atoms with Crippen molar-refractivity contribution >= 4 is 50.0 Å². The molecule has 3 aromatic carbocycles. The number of benzene rings is 3. The molecule has 9 heteroatoms. The highest BCUT2D eigenvalue weighted by Gasteiger charge is 2.30. The first-order valence-corrected chi connectivity index (χ1v) is 15.1. The molecule has 0 aliphatic heterocycles. The molecular weight excluding hydrogens is 580 g/mol. The van der Waals surface area contributed by atoms with Crippen LogP contribution >= 0.6 is 22.9 Å². The maximum absolute atomic E-state index is 13.1. The van der Waals surface area contributed by atoms with Gasteiger partial charge in [0.05, 0.1) is 32.5 Å². The lowest BCUT2D eigenvalue weighted by Gasteiger charge is -2.29. The molecule has 218 valence electrons. The highest BCUT2D eigenvalue weighted by molar-refractivity contribution is 7.22. The summed E-state index contributed by atoms with van der Waals surface area (Å²) in [6, 6.07) is 19.5. The number of aromatic amines is 1. The van der Waals surface area contributed by atoms with Crippen LogP contribution in [0.2, 0.25) is 5.02 Å². The van der Waals surface area contributed by atoms with Gasteiger partial charge >= 0.3 is 5.69 Å². The number of carbonyl (C=O) groups excluding carboxylic acids is 1. The zero-order chi connectivity index (χ0) is 30.6. The fourth-order valence-electron chi connectivity index (χ4n) is 5.39. The smallest absolute Gasteiger partial charge is 0.326 e. The molecule has 0 saturated heterocycles. The molecule has 0 aliphatic carbocycles. The van der Waals surface area contributed by atoms with Crippen LogP contribution in [0.25, 0.3) is 54.2 Å². The van der Waals surface area contributed by atoms with Crippen molar-refractivity contribution in [3.63, 3.8) is 0 Å². The number of nitrogens with zero attached hydrogens (tertiary/aromatic N) is 3. The number of Topliss-reactive ketones (excluding diaryl/α,β-unsaturated/α-hetero) is 1. The fraction of sp³-hybridized carbons (Fsp3) is 0.235. The topological polar surface area (TPSA) is 89.9 Å². The summed E-state index contributed by atoms with van der Waals surface area (Å²) in [7, 11) is 1.74. The van der Waals surface area contributed by atoms with E-state index >= 15 is 0 Å². The first-order valence-electron chi connectivity index (χ1n) is 13.9. The number of halogens is 1. The highest BCUT2D eigenvalue weighted by Crippen LogP contribution is 2.44. The van der Waals surface area contributed by atoms with Gasteiger partial charge in [0.1, 0.15) is 11.1 Å². The van der Waals surface area contributed by atoms with E-state index in [4.69, 9.17) is 21.3 Å². The minimum Gasteiger partial charge on any atom is -0.360 e. The van der Waals surface area contributed by atoms with Crippen LogP contribution in [0.3, 0.4) is 0 Å². The number of rotatable bonds is 6. The van der Waals surface area contributed by atoms with Crippen LogP contribution in [0.1, 0.15) is 44.9 Å². The number of ketones is 1. The quantitative estimate of drug-likeness (QED) is 0.205. The highest BCUT2D eigenvalue weighted by atomic mass is 35.5. The number of aromatic nitrogens is 4. The number of H-pyrrole nitrogens is 1. The number of ether oxygens (including phenoxy) is 1. The monoisotopic (exact) mass is 610 g/mol. The van der Waals surface area contributed by atoms with Crippen LogP contribution in [0, 0.1) is 6.92 Å². The number of fused-ring (bicyclic) bond motifs is 2. The second-order valence-corrected chi connectivity index (χ2v) is 13.2. The Bertz CT molecular complexity index is 2080. The molecule has 1 N–H and O–H groups in total. The van der Waals surface area contributed by atoms with E-state index in [9.17, 15) is 9.59 Å². The Labute approximate surface area is 258 Å². The van der Waals surface area contributed by atoms with Gasteiger partial charge in [-0.3, -0.25) is 14.3 Å². The normalized spacial score (nSPS) is 12.7. The number of nitrogens with one attached hydrogen (secondary N) is 1. The number of hydrogen-bond acceptors (Lipinski definition) is 6. The van der Waals surface area contributed by atoms with Crippen molar-refractivity contribution in [2.45, 2.75) is 46.3 Å². The zero-order valence-corrected chi connectivity index (χ0v) is 26.4. The largest absolute Gasteiger partial charge is 0.360 e. The zero-order valence-electron chi connectivity index (χ0n) is 24.8. The molecule has 6 aromatic rings. The Hall–Kier alpha value is -4.11. The summed E-state index contributed by atoms with van der Waals surface area (Å²) in [6.45, 7) is 9.45. The van der Waals surface area contributed by atoms with Gasteiger partial charge in [0.25, 0.3) is 0 Å². The van der Waals surface area contributed by atoms with Gasteiger partial charge in [-0.1, -0.05) is 29.8 Å². The minimum absolute atomic E-state index is 0.0622. The van der Waals surface area contributed by atoms with Gasteiger partial charge in [-0.2, -0.15) is 0 Å². The van der Waals surface area contributed by atoms with E-state index in [1.165, 1.54) is 0 Å². The molecule has 0 aliphatic rings. The Kier molecular flexibility index (Phi) is 7.32. The lowest BCUT2D eigenvalue weighted by Crippen LogP contribution is -2.27. The molecule has 0 saturated carbocycles. The Morgan fingerprint density at radius 2 is 1.74 bits per heavy atom. The average Bonchev–Trinajstić information content (AvgIpc) is 3.51. The van der Waals surface area contributed by atoms with Crippen molar-refractivity contribution in [2.75, 3.05) is 0 Å². The van der Waals surface area contributed by atoms with Crippen molar-refractivity contribution in [2.24, 2.45) is 7.05 Å². The molecule has 0 amide bonds. The summed E-state index contributed by atoms with van der Waals surface area (Å²) in [5, 5.41) is 1.46. The van der Waals surface area contributed by atoms with Crippen molar-refractivity contribution in [1.29, 1.82) is 0 Å². The van der Waals surface area contributed by atoms with Gasteiger partial charge in [-0.25, -0.2) is 9.78 Å². The molecule has 1 atom stereocenters. The summed E-state index contributed by atoms with van der Waals surface area (Å²) in [6.07, 6.45) is 1.03. The number of thiazole rings is 1. The molecule has 0 unspecified atom stereocenters. The SMILES string of the molecule is CC(=O)[C@@H](OC(C)(C)C)c1c(C)cc2nc(-c3ccnc(-c4ccc5c(c4)[nH]c(=O)n5C)c3)sc2c1-c1ccc(Cl)cc1. The van der Waals surface area contributed by atoms with E-state index in [0.717, 1.165) is 65.3 Å². The van der Waals surface area contributed by atoms with E-state index in [-0.39, 0.29) is 11.5 Å². The third-order valence-electron chi connectivity index (χ3n) is 7.37. The predicted molar refractivity (Wildman–Crippen MR) is 175 cm³/mol.